The topological polar surface area (TPSA) is 86.7 Å². The van der Waals surface area contributed by atoms with E-state index in [1.165, 1.54) is 12.1 Å². The Labute approximate surface area is 158 Å². The van der Waals surface area contributed by atoms with Crippen LogP contribution < -0.4 is 0 Å². The Morgan fingerprint density at radius 1 is 1.00 bits per heavy atom. The van der Waals surface area contributed by atoms with Gasteiger partial charge in [0.2, 0.25) is 9.84 Å². The third-order valence-electron chi connectivity index (χ3n) is 3.72. The van der Waals surface area contributed by atoms with Gasteiger partial charge in [0.1, 0.15) is 6.61 Å². The molecule has 7 heteroatoms. The highest BCUT2D eigenvalue weighted by atomic mass is 32.2. The summed E-state index contributed by atoms with van der Waals surface area (Å²) in [6.45, 7) is 1.62. The summed E-state index contributed by atoms with van der Waals surface area (Å²) in [5.41, 5.74) is 1.74. The second-order valence-electron chi connectivity index (χ2n) is 5.70. The van der Waals surface area contributed by atoms with Crippen molar-refractivity contribution in [2.75, 3.05) is 13.7 Å². The highest BCUT2D eigenvalue weighted by Crippen LogP contribution is 2.19. The van der Waals surface area contributed by atoms with Crippen molar-refractivity contribution < 1.29 is 27.5 Å². The molecule has 0 heterocycles. The number of rotatable bonds is 7. The molecule has 0 amide bonds. The quantitative estimate of drug-likeness (QED) is 0.535. The van der Waals surface area contributed by atoms with Crippen LogP contribution in [-0.4, -0.2) is 39.3 Å². The summed E-state index contributed by atoms with van der Waals surface area (Å²) in [6, 6.07) is 15.1. The fourth-order valence-electron chi connectivity index (χ4n) is 2.27. The molecule has 1 unspecified atom stereocenters. The Morgan fingerprint density at radius 3 is 2.22 bits per heavy atom. The van der Waals surface area contributed by atoms with Gasteiger partial charge in [-0.25, -0.2) is 13.2 Å². The van der Waals surface area contributed by atoms with Gasteiger partial charge in [-0.3, -0.25) is 4.79 Å². The number of benzene rings is 2. The van der Waals surface area contributed by atoms with Gasteiger partial charge in [-0.2, -0.15) is 0 Å². The number of carbonyl (C=O) groups excluding carboxylic acids is 2. The highest BCUT2D eigenvalue weighted by Gasteiger charge is 2.42. The van der Waals surface area contributed by atoms with Crippen molar-refractivity contribution >= 4 is 27.9 Å². The Bertz CT molecular complexity index is 915. The van der Waals surface area contributed by atoms with Gasteiger partial charge in [-0.1, -0.05) is 54.1 Å². The van der Waals surface area contributed by atoms with E-state index in [-0.39, 0.29) is 11.5 Å². The first-order valence-electron chi connectivity index (χ1n) is 8.13. The van der Waals surface area contributed by atoms with Gasteiger partial charge >= 0.3 is 11.9 Å². The van der Waals surface area contributed by atoms with Crippen LogP contribution in [0.25, 0.3) is 6.08 Å². The van der Waals surface area contributed by atoms with Crippen LogP contribution in [-0.2, 0) is 28.9 Å². The highest BCUT2D eigenvalue weighted by molar-refractivity contribution is 7.93. The molecule has 2 aromatic rings. The maximum atomic E-state index is 12.7. The fourth-order valence-corrected chi connectivity index (χ4v) is 3.73. The lowest BCUT2D eigenvalue weighted by Crippen LogP contribution is -2.40. The molecule has 0 saturated heterocycles. The molecule has 1 atom stereocenters. The van der Waals surface area contributed by atoms with Crippen molar-refractivity contribution in [3.8, 4) is 0 Å². The lowest BCUT2D eigenvalue weighted by molar-refractivity contribution is -0.151. The van der Waals surface area contributed by atoms with E-state index in [1.807, 2.05) is 30.3 Å². The summed E-state index contributed by atoms with van der Waals surface area (Å²) in [6.07, 6.45) is 3.27. The van der Waals surface area contributed by atoms with Crippen LogP contribution in [0, 0.1) is 6.92 Å². The van der Waals surface area contributed by atoms with Gasteiger partial charge in [0.15, 0.2) is 0 Å². The lowest BCUT2D eigenvalue weighted by atomic mass is 10.2. The van der Waals surface area contributed by atoms with Gasteiger partial charge in [-0.05, 0) is 30.7 Å². The third-order valence-corrected chi connectivity index (χ3v) is 5.66. The Kier molecular flexibility index (Phi) is 6.90. The Hall–Kier alpha value is -2.93. The zero-order valence-corrected chi connectivity index (χ0v) is 15.8. The second-order valence-corrected chi connectivity index (χ2v) is 7.74. The van der Waals surface area contributed by atoms with Crippen LogP contribution in [0.1, 0.15) is 11.1 Å². The van der Waals surface area contributed by atoms with Crippen molar-refractivity contribution in [1.29, 1.82) is 0 Å². The smallest absolute Gasteiger partial charge is 0.336 e. The molecule has 0 bridgehead atoms. The molecule has 0 radical (unpaired) electrons. The molecule has 6 nitrogen and oxygen atoms in total. The van der Waals surface area contributed by atoms with Gasteiger partial charge in [0.05, 0.1) is 12.0 Å². The Balaban J connectivity index is 2.15. The van der Waals surface area contributed by atoms with Crippen LogP contribution in [0.5, 0.6) is 0 Å². The van der Waals surface area contributed by atoms with E-state index in [9.17, 15) is 18.0 Å². The number of aryl methyl sites for hydroxylation is 1. The minimum absolute atomic E-state index is 0.153. The summed E-state index contributed by atoms with van der Waals surface area (Å²) in [5.74, 6) is -2.37. The summed E-state index contributed by atoms with van der Waals surface area (Å²) >= 11 is 0. The molecule has 0 aliphatic rings. The SMILES string of the molecule is COC(=O)C(C(=O)OC/C=C/c1ccccc1)S(=O)(=O)c1ccc(C)cc1. The number of carbonyl (C=O) groups is 2. The number of ether oxygens (including phenoxy) is 2. The number of sulfone groups is 1. The van der Waals surface area contributed by atoms with Crippen molar-refractivity contribution in [2.45, 2.75) is 17.1 Å². The molecule has 0 fully saturated rings. The summed E-state index contributed by atoms with van der Waals surface area (Å²) < 4.78 is 34.9. The Morgan fingerprint density at radius 2 is 1.63 bits per heavy atom. The standard InChI is InChI=1S/C20H20O6S/c1-15-10-12-17(13-11-15)27(23,24)18(19(21)25-2)20(22)26-14-6-9-16-7-4-3-5-8-16/h3-13,18H,14H2,1-2H3/b9-6+. The number of methoxy groups -OCH3 is 1. The first-order chi connectivity index (χ1) is 12.9. The van der Waals surface area contributed by atoms with Gasteiger partial charge in [0, 0.05) is 0 Å². The van der Waals surface area contributed by atoms with Crippen LogP contribution in [0.2, 0.25) is 0 Å². The maximum Gasteiger partial charge on any atom is 0.336 e. The van der Waals surface area contributed by atoms with Crippen LogP contribution in [0.15, 0.2) is 65.6 Å². The molecule has 0 N–H and O–H groups in total. The molecule has 27 heavy (non-hydrogen) atoms. The first-order valence-corrected chi connectivity index (χ1v) is 9.67. The second kappa shape index (κ2) is 9.14. The lowest BCUT2D eigenvalue weighted by Gasteiger charge is -2.14. The summed E-state index contributed by atoms with van der Waals surface area (Å²) in [4.78, 5) is 24.1. The fraction of sp³-hybridized carbons (Fsp3) is 0.200. The van der Waals surface area contributed by atoms with E-state index < -0.39 is 27.0 Å². The first kappa shape index (κ1) is 20.4. The molecular weight excluding hydrogens is 368 g/mol. The van der Waals surface area contributed by atoms with Crippen molar-refractivity contribution in [1.82, 2.24) is 0 Å². The van der Waals surface area contributed by atoms with E-state index in [4.69, 9.17) is 4.74 Å². The zero-order valence-electron chi connectivity index (χ0n) is 15.0. The van der Waals surface area contributed by atoms with Gasteiger partial charge in [-0.15, -0.1) is 0 Å². The molecule has 0 aromatic heterocycles. The monoisotopic (exact) mass is 388 g/mol. The predicted octanol–water partition coefficient (Wildman–Crippen LogP) is 2.57. The minimum atomic E-state index is -4.29. The number of hydrogen-bond acceptors (Lipinski definition) is 6. The van der Waals surface area contributed by atoms with Crippen molar-refractivity contribution in [2.24, 2.45) is 0 Å². The molecular formula is C20H20O6S. The average molecular weight is 388 g/mol. The molecule has 0 spiro atoms. The summed E-state index contributed by atoms with van der Waals surface area (Å²) in [7, 11) is -3.27. The van der Waals surface area contributed by atoms with Crippen LogP contribution >= 0.6 is 0 Å². The van der Waals surface area contributed by atoms with Crippen LogP contribution in [0.4, 0.5) is 0 Å². The van der Waals surface area contributed by atoms with Crippen LogP contribution in [0.3, 0.4) is 0 Å². The molecule has 2 aromatic carbocycles. The van der Waals surface area contributed by atoms with Crippen molar-refractivity contribution in [3.63, 3.8) is 0 Å². The van der Waals surface area contributed by atoms with Crippen molar-refractivity contribution in [3.05, 3.63) is 71.8 Å². The molecule has 0 aliphatic heterocycles. The molecule has 2 rings (SSSR count). The van der Waals surface area contributed by atoms with E-state index in [0.29, 0.717) is 0 Å². The predicted molar refractivity (Wildman–Crippen MR) is 101 cm³/mol. The van der Waals surface area contributed by atoms with Gasteiger partial charge < -0.3 is 9.47 Å². The molecule has 142 valence electrons. The maximum absolute atomic E-state index is 12.7. The van der Waals surface area contributed by atoms with E-state index in [2.05, 4.69) is 4.74 Å². The zero-order chi connectivity index (χ0) is 19.9. The normalized spacial score (nSPS) is 12.5. The van der Waals surface area contributed by atoms with Gasteiger partial charge in [0.25, 0.3) is 5.25 Å². The number of esters is 2. The largest absolute Gasteiger partial charge is 0.468 e. The molecule has 0 aliphatic carbocycles. The minimum Gasteiger partial charge on any atom is -0.468 e. The third kappa shape index (κ3) is 5.27. The average Bonchev–Trinajstić information content (AvgIpc) is 2.66. The number of hydrogen-bond donors (Lipinski definition) is 0. The summed E-state index contributed by atoms with van der Waals surface area (Å²) in [5, 5.41) is -2.07. The van der Waals surface area contributed by atoms with E-state index >= 15 is 0 Å². The van der Waals surface area contributed by atoms with E-state index in [0.717, 1.165) is 18.2 Å². The molecule has 0 saturated carbocycles. The van der Waals surface area contributed by atoms with E-state index in [1.54, 1.807) is 31.2 Å².